The van der Waals surface area contributed by atoms with Crippen molar-refractivity contribution in [2.45, 2.75) is 45.8 Å². The van der Waals surface area contributed by atoms with Crippen molar-refractivity contribution in [3.8, 4) is 0 Å². The number of carbonyl (C=O) groups excluding carboxylic acids is 1. The summed E-state index contributed by atoms with van der Waals surface area (Å²) in [6, 6.07) is 8.56. The lowest BCUT2D eigenvalue weighted by Gasteiger charge is -2.42. The minimum Gasteiger partial charge on any atom is -0.443 e. The van der Waals surface area contributed by atoms with Crippen molar-refractivity contribution in [1.82, 2.24) is 4.90 Å². The molecule has 2 heterocycles. The van der Waals surface area contributed by atoms with Crippen molar-refractivity contribution in [3.05, 3.63) is 29.8 Å². The number of hydrogen-bond acceptors (Lipinski definition) is 4. The van der Waals surface area contributed by atoms with Gasteiger partial charge in [0.25, 0.3) is 0 Å². The zero-order chi connectivity index (χ0) is 17.5. The molecule has 0 saturated carbocycles. The van der Waals surface area contributed by atoms with Crippen molar-refractivity contribution in [2.75, 3.05) is 25.0 Å². The van der Waals surface area contributed by atoms with Crippen LogP contribution in [0, 0.1) is 5.92 Å². The van der Waals surface area contributed by atoms with Gasteiger partial charge in [-0.15, -0.1) is 0 Å². The smallest absolute Gasteiger partial charge is 0.415 e. The second kappa shape index (κ2) is 6.11. The van der Waals surface area contributed by atoms with Gasteiger partial charge in [-0.1, -0.05) is 25.1 Å². The van der Waals surface area contributed by atoms with E-state index < -0.39 is 5.60 Å². The maximum Gasteiger partial charge on any atom is 0.415 e. The largest absolute Gasteiger partial charge is 0.443 e. The molecule has 2 aliphatic rings. The van der Waals surface area contributed by atoms with Crippen LogP contribution in [0.4, 0.5) is 10.5 Å². The van der Waals surface area contributed by atoms with Crippen molar-refractivity contribution in [1.29, 1.82) is 0 Å². The predicted octanol–water partition coefficient (Wildman–Crippen LogP) is 3.33. The first kappa shape index (κ1) is 16.8. The Balaban J connectivity index is 1.86. The van der Waals surface area contributed by atoms with Gasteiger partial charge in [-0.25, -0.2) is 4.79 Å². The van der Waals surface area contributed by atoms with E-state index in [1.165, 1.54) is 11.3 Å². The Morgan fingerprint density at radius 3 is 2.71 bits per heavy atom. The average Bonchev–Trinajstić information content (AvgIpc) is 2.95. The fraction of sp³-hybridized carbons (Fsp3) is 0.579. The predicted molar refractivity (Wildman–Crippen MR) is 96.7 cm³/mol. The number of ether oxygens (including phenoxy) is 1. The van der Waals surface area contributed by atoms with Crippen molar-refractivity contribution < 1.29 is 9.53 Å². The first-order chi connectivity index (χ1) is 11.3. The molecule has 0 aromatic heterocycles. The topological polar surface area (TPSA) is 45.1 Å². The maximum absolute atomic E-state index is 12.6. The first-order valence-electron chi connectivity index (χ1n) is 8.63. The highest BCUT2D eigenvalue weighted by Gasteiger charge is 2.40. The van der Waals surface area contributed by atoms with E-state index in [4.69, 9.17) is 4.74 Å². The van der Waals surface area contributed by atoms with Gasteiger partial charge in [0.05, 0.1) is 19.1 Å². The van der Waals surface area contributed by atoms with E-state index in [-0.39, 0.29) is 12.1 Å². The molecule has 5 nitrogen and oxygen atoms in total. The second-order valence-corrected chi connectivity index (χ2v) is 7.74. The molecule has 3 rings (SSSR count). The zero-order valence-corrected chi connectivity index (χ0v) is 15.2. The summed E-state index contributed by atoms with van der Waals surface area (Å²) in [7, 11) is 2.09. The Morgan fingerprint density at radius 1 is 1.29 bits per heavy atom. The maximum atomic E-state index is 12.6. The van der Waals surface area contributed by atoms with Gasteiger partial charge in [0.2, 0.25) is 0 Å². The molecule has 0 saturated heterocycles. The molecule has 2 unspecified atom stereocenters. The number of nitrogens with zero attached hydrogens (tertiary/aromatic N) is 3. The molecule has 2 aliphatic heterocycles. The monoisotopic (exact) mass is 329 g/mol. The van der Waals surface area contributed by atoms with Crippen LogP contribution in [0.2, 0.25) is 0 Å². The molecule has 130 valence electrons. The molecular formula is C19H27N3O2. The van der Waals surface area contributed by atoms with Crippen LogP contribution < -0.4 is 4.90 Å². The van der Waals surface area contributed by atoms with E-state index in [0.29, 0.717) is 19.0 Å². The van der Waals surface area contributed by atoms with E-state index in [1.807, 2.05) is 20.8 Å². The van der Waals surface area contributed by atoms with Crippen LogP contribution >= 0.6 is 0 Å². The molecule has 0 N–H and O–H groups in total. The Kier molecular flexibility index (Phi) is 4.28. The Hall–Kier alpha value is -2.04. The van der Waals surface area contributed by atoms with E-state index in [9.17, 15) is 4.79 Å². The van der Waals surface area contributed by atoms with E-state index in [2.05, 4.69) is 48.1 Å². The third-order valence-corrected chi connectivity index (χ3v) is 4.62. The number of carbonyl (C=O) groups is 1. The standard InChI is InChI=1S/C19H27N3O2/c1-13-12-14-8-6-7-9-15(14)21(5)16(13)17-20-10-11-22(17)18(23)24-19(2,3)4/h6-9,13,16H,10-12H2,1-5H3. The van der Waals surface area contributed by atoms with E-state index in [0.717, 1.165) is 12.3 Å². The SMILES string of the molecule is CC1Cc2ccccc2N(C)C1C1=NCCN1C(=O)OC(C)(C)C. The molecule has 0 radical (unpaired) electrons. The molecular weight excluding hydrogens is 302 g/mol. The molecule has 0 aliphatic carbocycles. The van der Waals surface area contributed by atoms with Crippen molar-refractivity contribution in [2.24, 2.45) is 10.9 Å². The number of aliphatic imine (C=N–C) groups is 1. The normalized spacial score (nSPS) is 23.8. The summed E-state index contributed by atoms with van der Waals surface area (Å²) in [6.45, 7) is 9.15. The van der Waals surface area contributed by atoms with Gasteiger partial charge >= 0.3 is 6.09 Å². The molecule has 0 fully saturated rings. The number of para-hydroxylation sites is 1. The minimum atomic E-state index is -0.499. The molecule has 24 heavy (non-hydrogen) atoms. The van der Waals surface area contributed by atoms with E-state index in [1.54, 1.807) is 4.90 Å². The molecule has 0 bridgehead atoms. The highest BCUT2D eigenvalue weighted by molar-refractivity contribution is 6.02. The quantitative estimate of drug-likeness (QED) is 0.794. The Labute approximate surface area is 144 Å². The summed E-state index contributed by atoms with van der Waals surface area (Å²) in [6.07, 6.45) is 0.699. The minimum absolute atomic E-state index is 0.0925. The van der Waals surface area contributed by atoms with Gasteiger partial charge in [0.1, 0.15) is 11.4 Å². The average molecular weight is 329 g/mol. The number of fused-ring (bicyclic) bond motifs is 1. The highest BCUT2D eigenvalue weighted by Crippen LogP contribution is 2.34. The van der Waals surface area contributed by atoms with Crippen LogP contribution in [0.1, 0.15) is 33.3 Å². The van der Waals surface area contributed by atoms with Crippen LogP contribution in [0.25, 0.3) is 0 Å². The van der Waals surface area contributed by atoms with Crippen LogP contribution in [0.5, 0.6) is 0 Å². The van der Waals surface area contributed by atoms with Gasteiger partial charge in [-0.05, 0) is 44.7 Å². The fourth-order valence-corrected chi connectivity index (χ4v) is 3.66. The van der Waals surface area contributed by atoms with Crippen LogP contribution in [0.3, 0.4) is 0 Å². The number of likely N-dealkylation sites (N-methyl/N-ethyl adjacent to an activating group) is 1. The number of anilines is 1. The summed E-state index contributed by atoms with van der Waals surface area (Å²) in [4.78, 5) is 21.2. The molecule has 0 spiro atoms. The molecule has 1 amide bonds. The lowest BCUT2D eigenvalue weighted by molar-refractivity contribution is 0.0378. The third kappa shape index (κ3) is 3.12. The number of amidine groups is 1. The Bertz CT molecular complexity index is 663. The number of benzene rings is 1. The van der Waals surface area contributed by atoms with Gasteiger partial charge in [0.15, 0.2) is 0 Å². The fourth-order valence-electron chi connectivity index (χ4n) is 3.66. The summed E-state index contributed by atoms with van der Waals surface area (Å²) in [5.74, 6) is 1.22. The summed E-state index contributed by atoms with van der Waals surface area (Å²) >= 11 is 0. The first-order valence-corrected chi connectivity index (χ1v) is 8.63. The molecule has 1 aromatic rings. The van der Waals surface area contributed by atoms with Gasteiger partial charge < -0.3 is 9.64 Å². The lowest BCUT2D eigenvalue weighted by atomic mass is 9.86. The third-order valence-electron chi connectivity index (χ3n) is 4.62. The summed E-state index contributed by atoms with van der Waals surface area (Å²) in [5, 5.41) is 0. The zero-order valence-electron chi connectivity index (χ0n) is 15.2. The van der Waals surface area contributed by atoms with Crippen LogP contribution in [0.15, 0.2) is 29.3 Å². The lowest BCUT2D eigenvalue weighted by Crippen LogP contribution is -2.54. The summed E-state index contributed by atoms with van der Waals surface area (Å²) in [5.41, 5.74) is 2.08. The van der Waals surface area contributed by atoms with Crippen LogP contribution in [-0.2, 0) is 11.2 Å². The van der Waals surface area contributed by atoms with Gasteiger partial charge in [0, 0.05) is 12.7 Å². The second-order valence-electron chi connectivity index (χ2n) is 7.74. The van der Waals surface area contributed by atoms with E-state index >= 15 is 0 Å². The van der Waals surface area contributed by atoms with Crippen LogP contribution in [-0.4, -0.2) is 48.6 Å². The van der Waals surface area contributed by atoms with Crippen molar-refractivity contribution >= 4 is 17.6 Å². The van der Waals surface area contributed by atoms with Gasteiger partial charge in [-0.2, -0.15) is 0 Å². The Morgan fingerprint density at radius 2 is 2.00 bits per heavy atom. The number of hydrogen-bond donors (Lipinski definition) is 0. The molecule has 1 aromatic carbocycles. The molecule has 2 atom stereocenters. The highest BCUT2D eigenvalue weighted by atomic mass is 16.6. The van der Waals surface area contributed by atoms with Crippen molar-refractivity contribution in [3.63, 3.8) is 0 Å². The number of rotatable bonds is 1. The molecule has 5 heteroatoms. The number of amides is 1. The van der Waals surface area contributed by atoms with Gasteiger partial charge in [-0.3, -0.25) is 9.89 Å². The summed E-state index contributed by atoms with van der Waals surface area (Å²) < 4.78 is 5.57.